The molecule has 0 saturated carbocycles. The minimum atomic E-state index is -0.516. The number of aromatic nitrogens is 2. The predicted octanol–water partition coefficient (Wildman–Crippen LogP) is 2.17. The Morgan fingerprint density at radius 3 is 2.64 bits per heavy atom. The average molecular weight is 334 g/mol. The molecule has 1 heterocycles. The van der Waals surface area contributed by atoms with E-state index in [1.54, 1.807) is 24.3 Å². The zero-order valence-corrected chi connectivity index (χ0v) is 12.6. The molecule has 1 aromatic heterocycles. The number of hydrazone groups is 1. The molecule has 2 aromatic carbocycles. The number of para-hydroxylation sites is 1. The molecule has 0 fully saturated rings. The van der Waals surface area contributed by atoms with Gasteiger partial charge in [-0.1, -0.05) is 12.1 Å². The number of aromatic amines is 1. The van der Waals surface area contributed by atoms with Crippen LogP contribution in [-0.2, 0) is 0 Å². The smallest absolute Gasteiger partial charge is 0.269 e. The summed E-state index contributed by atoms with van der Waals surface area (Å²) in [5.74, 6) is 0.0283. The van der Waals surface area contributed by atoms with Gasteiger partial charge in [-0.05, 0) is 24.3 Å². The highest BCUT2D eigenvalue weighted by molar-refractivity contribution is 6.10. The number of hydrogen-bond donors (Lipinski definition) is 2. The van der Waals surface area contributed by atoms with E-state index in [9.17, 15) is 20.2 Å². The third kappa shape index (κ3) is 3.32. The van der Waals surface area contributed by atoms with E-state index in [1.165, 1.54) is 24.3 Å². The Bertz CT molecular complexity index is 1080. The van der Waals surface area contributed by atoms with Crippen molar-refractivity contribution in [1.29, 1.82) is 5.26 Å². The molecule has 0 spiro atoms. The number of anilines is 1. The lowest BCUT2D eigenvalue weighted by molar-refractivity contribution is -0.384. The van der Waals surface area contributed by atoms with Gasteiger partial charge in [0.25, 0.3) is 11.2 Å². The highest BCUT2D eigenvalue weighted by Crippen LogP contribution is 2.15. The summed E-state index contributed by atoms with van der Waals surface area (Å²) in [6.07, 6.45) is 0. The Morgan fingerprint density at radius 2 is 1.96 bits per heavy atom. The molecule has 9 heteroatoms. The van der Waals surface area contributed by atoms with Gasteiger partial charge < -0.3 is 4.98 Å². The van der Waals surface area contributed by atoms with Crippen LogP contribution in [0.2, 0.25) is 0 Å². The SMILES string of the molecule is N#C/C(=N\Nc1ccc([N+](=O)[O-])cc1)c1nc2ccccc2c(=O)[nH]1. The standard InChI is InChI=1S/C16H10N6O3/c17-9-14(21-20-10-5-7-11(8-6-10)22(24)25)15-18-13-4-2-1-3-12(13)16(23)19-15/h1-8,20H,(H,18,19,23)/b21-14+. The summed E-state index contributed by atoms with van der Waals surface area (Å²) in [5.41, 5.74) is 2.94. The number of non-ortho nitro benzene ring substituents is 1. The molecule has 3 rings (SSSR count). The van der Waals surface area contributed by atoms with Gasteiger partial charge in [0.1, 0.15) is 6.07 Å². The van der Waals surface area contributed by atoms with Gasteiger partial charge in [-0.15, -0.1) is 0 Å². The van der Waals surface area contributed by atoms with Crippen molar-refractivity contribution < 1.29 is 4.92 Å². The molecule has 122 valence electrons. The number of nitriles is 1. The molecule has 2 N–H and O–H groups in total. The summed E-state index contributed by atoms with van der Waals surface area (Å²) in [5, 5.41) is 24.2. The minimum absolute atomic E-state index is 0.0283. The number of nitrogens with zero attached hydrogens (tertiary/aromatic N) is 4. The van der Waals surface area contributed by atoms with Crippen LogP contribution in [0, 0.1) is 21.4 Å². The van der Waals surface area contributed by atoms with E-state index < -0.39 is 4.92 Å². The number of rotatable bonds is 4. The maximum absolute atomic E-state index is 12.1. The van der Waals surface area contributed by atoms with Gasteiger partial charge in [-0.2, -0.15) is 10.4 Å². The molecule has 0 atom stereocenters. The van der Waals surface area contributed by atoms with E-state index in [-0.39, 0.29) is 22.8 Å². The van der Waals surface area contributed by atoms with Gasteiger partial charge >= 0.3 is 0 Å². The molecule has 0 aliphatic rings. The van der Waals surface area contributed by atoms with Crippen LogP contribution in [0.1, 0.15) is 5.82 Å². The number of nitro benzene ring substituents is 1. The summed E-state index contributed by atoms with van der Waals surface area (Å²) >= 11 is 0. The van der Waals surface area contributed by atoms with E-state index >= 15 is 0 Å². The number of nitrogens with one attached hydrogen (secondary N) is 2. The summed E-state index contributed by atoms with van der Waals surface area (Å²) in [7, 11) is 0. The number of fused-ring (bicyclic) bond motifs is 1. The average Bonchev–Trinajstić information content (AvgIpc) is 2.63. The summed E-state index contributed by atoms with van der Waals surface area (Å²) < 4.78 is 0. The van der Waals surface area contributed by atoms with E-state index in [0.29, 0.717) is 16.6 Å². The van der Waals surface area contributed by atoms with Crippen molar-refractivity contribution in [2.24, 2.45) is 5.10 Å². The molecule has 25 heavy (non-hydrogen) atoms. The molecule has 0 amide bonds. The Balaban J connectivity index is 1.92. The van der Waals surface area contributed by atoms with Crippen LogP contribution in [0.15, 0.2) is 58.4 Å². The van der Waals surface area contributed by atoms with Crippen molar-refractivity contribution in [3.05, 3.63) is 74.8 Å². The summed E-state index contributed by atoms with van der Waals surface area (Å²) in [4.78, 5) is 28.9. The van der Waals surface area contributed by atoms with E-state index in [4.69, 9.17) is 0 Å². The molecule has 0 bridgehead atoms. The molecule has 0 unspecified atom stereocenters. The van der Waals surface area contributed by atoms with Crippen molar-refractivity contribution in [3.8, 4) is 6.07 Å². The fraction of sp³-hybridized carbons (Fsp3) is 0. The Morgan fingerprint density at radius 1 is 1.24 bits per heavy atom. The van der Waals surface area contributed by atoms with E-state index in [0.717, 1.165) is 0 Å². The number of H-pyrrole nitrogens is 1. The Kier molecular flexibility index (Phi) is 4.17. The largest absolute Gasteiger partial charge is 0.304 e. The van der Waals surface area contributed by atoms with Gasteiger partial charge in [-0.3, -0.25) is 20.3 Å². The van der Waals surface area contributed by atoms with Crippen molar-refractivity contribution in [2.75, 3.05) is 5.43 Å². The van der Waals surface area contributed by atoms with Crippen molar-refractivity contribution in [1.82, 2.24) is 9.97 Å². The second kappa shape index (κ2) is 6.59. The maximum atomic E-state index is 12.1. The van der Waals surface area contributed by atoms with Gasteiger partial charge in [0.05, 0.1) is 21.5 Å². The van der Waals surface area contributed by atoms with Crippen LogP contribution in [0.25, 0.3) is 10.9 Å². The zero-order valence-electron chi connectivity index (χ0n) is 12.6. The summed E-state index contributed by atoms with van der Waals surface area (Å²) in [6, 6.07) is 14.1. The molecule has 0 radical (unpaired) electrons. The van der Waals surface area contributed by atoms with Crippen LogP contribution in [0.3, 0.4) is 0 Å². The molecule has 0 aliphatic carbocycles. The van der Waals surface area contributed by atoms with Crippen molar-refractivity contribution in [3.63, 3.8) is 0 Å². The van der Waals surface area contributed by atoms with Gasteiger partial charge in [-0.25, -0.2) is 4.98 Å². The topological polar surface area (TPSA) is 137 Å². The molecule has 0 saturated heterocycles. The third-order valence-electron chi connectivity index (χ3n) is 3.32. The second-order valence-corrected chi connectivity index (χ2v) is 4.92. The molecule has 9 nitrogen and oxygen atoms in total. The molecular weight excluding hydrogens is 324 g/mol. The second-order valence-electron chi connectivity index (χ2n) is 4.92. The van der Waals surface area contributed by atoms with Crippen LogP contribution in [0.5, 0.6) is 0 Å². The first-order chi connectivity index (χ1) is 12.1. The minimum Gasteiger partial charge on any atom is -0.304 e. The van der Waals surface area contributed by atoms with Crippen LogP contribution >= 0.6 is 0 Å². The lowest BCUT2D eigenvalue weighted by Gasteiger charge is -2.03. The lowest BCUT2D eigenvalue weighted by Crippen LogP contribution is -2.16. The third-order valence-corrected chi connectivity index (χ3v) is 3.32. The van der Waals surface area contributed by atoms with Crippen molar-refractivity contribution in [2.45, 2.75) is 0 Å². The first-order valence-corrected chi connectivity index (χ1v) is 7.06. The number of nitro groups is 1. The molecule has 3 aromatic rings. The molecule has 0 aliphatic heterocycles. The quantitative estimate of drug-likeness (QED) is 0.426. The van der Waals surface area contributed by atoms with Gasteiger partial charge in [0.2, 0.25) is 5.71 Å². The predicted molar refractivity (Wildman–Crippen MR) is 91.2 cm³/mol. The first kappa shape index (κ1) is 15.8. The Labute approximate surface area is 140 Å². The van der Waals surface area contributed by atoms with Gasteiger partial charge in [0.15, 0.2) is 5.82 Å². The van der Waals surface area contributed by atoms with Crippen LogP contribution < -0.4 is 11.0 Å². The normalized spacial score (nSPS) is 11.1. The van der Waals surface area contributed by atoms with Crippen LogP contribution in [-0.4, -0.2) is 20.6 Å². The first-order valence-electron chi connectivity index (χ1n) is 7.06. The molecular formula is C16H10N6O3. The number of hydrogen-bond acceptors (Lipinski definition) is 7. The van der Waals surface area contributed by atoms with E-state index in [2.05, 4.69) is 20.5 Å². The van der Waals surface area contributed by atoms with Gasteiger partial charge in [0, 0.05) is 12.1 Å². The highest BCUT2D eigenvalue weighted by Gasteiger charge is 2.10. The zero-order chi connectivity index (χ0) is 17.8. The number of benzene rings is 2. The van der Waals surface area contributed by atoms with Crippen LogP contribution in [0.4, 0.5) is 11.4 Å². The lowest BCUT2D eigenvalue weighted by atomic mass is 10.2. The monoisotopic (exact) mass is 334 g/mol. The Hall–Kier alpha value is -4.06. The summed E-state index contributed by atoms with van der Waals surface area (Å²) in [6.45, 7) is 0. The highest BCUT2D eigenvalue weighted by atomic mass is 16.6. The fourth-order valence-electron chi connectivity index (χ4n) is 2.11. The fourth-order valence-corrected chi connectivity index (χ4v) is 2.11. The van der Waals surface area contributed by atoms with E-state index in [1.807, 2.05) is 6.07 Å². The van der Waals surface area contributed by atoms with Crippen molar-refractivity contribution >= 4 is 28.0 Å². The maximum Gasteiger partial charge on any atom is 0.269 e.